The molecule has 1 aromatic heterocycles. The normalized spacial score (nSPS) is 10.4. The van der Waals surface area contributed by atoms with Gasteiger partial charge in [-0.3, -0.25) is 0 Å². The molecule has 0 aliphatic rings. The summed E-state index contributed by atoms with van der Waals surface area (Å²) in [6.45, 7) is 0. The van der Waals surface area contributed by atoms with Crippen molar-refractivity contribution in [2.75, 3.05) is 7.11 Å². The molecule has 17 heavy (non-hydrogen) atoms. The van der Waals surface area contributed by atoms with Crippen molar-refractivity contribution in [2.45, 2.75) is 0 Å². The van der Waals surface area contributed by atoms with Gasteiger partial charge < -0.3 is 4.74 Å². The Morgan fingerprint density at radius 3 is 2.29 bits per heavy atom. The molecule has 2 aromatic rings. The molecule has 0 saturated heterocycles. The summed E-state index contributed by atoms with van der Waals surface area (Å²) in [7, 11) is 1.45. The largest absolute Gasteiger partial charge is 0.497 e. The van der Waals surface area contributed by atoms with E-state index in [9.17, 15) is 4.39 Å². The van der Waals surface area contributed by atoms with Crippen LogP contribution in [0.25, 0.3) is 11.4 Å². The van der Waals surface area contributed by atoms with Crippen LogP contribution < -0.4 is 4.74 Å². The maximum Gasteiger partial charge on any atom is 0.227 e. The second-order valence-corrected chi connectivity index (χ2v) is 3.72. The Balaban J connectivity index is 2.52. The first-order chi connectivity index (χ1) is 8.10. The van der Waals surface area contributed by atoms with Crippen LogP contribution in [-0.2, 0) is 0 Å². The number of hydrogen-bond donors (Lipinski definition) is 0. The Kier molecular flexibility index (Phi) is 3.40. The number of hydrogen-bond acceptors (Lipinski definition) is 4. The standard InChI is InChI=1S/C10H6Cl2FN3O/c1-17-5-2-3-6(7(13)4-5)8-14-9(11)16-10(12)15-8/h2-4H,1H3. The van der Waals surface area contributed by atoms with Gasteiger partial charge in [0, 0.05) is 6.07 Å². The van der Waals surface area contributed by atoms with Gasteiger partial charge in [0.1, 0.15) is 11.6 Å². The van der Waals surface area contributed by atoms with Crippen LogP contribution in [0.4, 0.5) is 4.39 Å². The fourth-order valence-corrected chi connectivity index (χ4v) is 1.61. The molecule has 0 aliphatic carbocycles. The highest BCUT2D eigenvalue weighted by molar-refractivity contribution is 6.31. The SMILES string of the molecule is COc1ccc(-c2nc(Cl)nc(Cl)n2)c(F)c1. The second-order valence-electron chi connectivity index (χ2n) is 3.04. The molecule has 0 N–H and O–H groups in total. The van der Waals surface area contributed by atoms with E-state index in [1.165, 1.54) is 19.2 Å². The maximum atomic E-state index is 13.7. The van der Waals surface area contributed by atoms with E-state index in [2.05, 4.69) is 15.0 Å². The number of ether oxygens (including phenoxy) is 1. The van der Waals surface area contributed by atoms with Crippen molar-refractivity contribution in [3.05, 3.63) is 34.6 Å². The first kappa shape index (κ1) is 12.0. The summed E-state index contributed by atoms with van der Waals surface area (Å²) in [5.74, 6) is -0.0460. The molecule has 0 saturated carbocycles. The molecule has 0 aliphatic heterocycles. The monoisotopic (exact) mass is 273 g/mol. The molecule has 0 spiro atoms. The third-order valence-corrected chi connectivity index (χ3v) is 2.34. The predicted molar refractivity (Wildman–Crippen MR) is 61.8 cm³/mol. The van der Waals surface area contributed by atoms with Gasteiger partial charge in [-0.1, -0.05) is 0 Å². The highest BCUT2D eigenvalue weighted by Crippen LogP contribution is 2.24. The Morgan fingerprint density at radius 2 is 1.76 bits per heavy atom. The first-order valence-corrected chi connectivity index (χ1v) is 5.26. The highest BCUT2D eigenvalue weighted by atomic mass is 35.5. The molecule has 0 bridgehead atoms. The number of aromatic nitrogens is 3. The van der Waals surface area contributed by atoms with Gasteiger partial charge in [0.2, 0.25) is 10.6 Å². The second kappa shape index (κ2) is 4.81. The minimum absolute atomic E-state index is 0.0788. The summed E-state index contributed by atoms with van der Waals surface area (Å²) in [5, 5.41) is -0.176. The number of nitrogens with zero attached hydrogens (tertiary/aromatic N) is 3. The van der Waals surface area contributed by atoms with Crippen molar-refractivity contribution in [2.24, 2.45) is 0 Å². The fourth-order valence-electron chi connectivity index (χ4n) is 1.25. The zero-order chi connectivity index (χ0) is 12.4. The van der Waals surface area contributed by atoms with Gasteiger partial charge in [-0.2, -0.15) is 15.0 Å². The average molecular weight is 274 g/mol. The van der Waals surface area contributed by atoms with Crippen LogP contribution in [0.5, 0.6) is 5.75 Å². The Bertz CT molecular complexity index is 545. The minimum atomic E-state index is -0.525. The van der Waals surface area contributed by atoms with Crippen molar-refractivity contribution >= 4 is 23.2 Å². The number of benzene rings is 1. The molecule has 88 valence electrons. The molecule has 7 heteroatoms. The molecule has 0 fully saturated rings. The predicted octanol–water partition coefficient (Wildman–Crippen LogP) is 2.99. The van der Waals surface area contributed by atoms with E-state index in [1.807, 2.05) is 0 Å². The third kappa shape index (κ3) is 2.62. The Hall–Kier alpha value is -1.46. The van der Waals surface area contributed by atoms with Crippen LogP contribution in [-0.4, -0.2) is 22.1 Å². The zero-order valence-corrected chi connectivity index (χ0v) is 10.1. The molecule has 0 atom stereocenters. The first-order valence-electron chi connectivity index (χ1n) is 4.51. The molecule has 0 amide bonds. The molecule has 0 unspecified atom stereocenters. The lowest BCUT2D eigenvalue weighted by Crippen LogP contribution is -1.96. The number of methoxy groups -OCH3 is 1. The van der Waals surface area contributed by atoms with E-state index in [0.29, 0.717) is 5.75 Å². The summed E-state index contributed by atoms with van der Waals surface area (Å²) in [4.78, 5) is 11.2. The van der Waals surface area contributed by atoms with E-state index in [1.54, 1.807) is 6.07 Å². The van der Waals surface area contributed by atoms with Crippen LogP contribution >= 0.6 is 23.2 Å². The summed E-state index contributed by atoms with van der Waals surface area (Å²) in [5.41, 5.74) is 0.178. The Labute approximate surface area is 106 Å². The van der Waals surface area contributed by atoms with Crippen molar-refractivity contribution in [3.63, 3.8) is 0 Å². The third-order valence-electron chi connectivity index (χ3n) is 2.00. The quantitative estimate of drug-likeness (QED) is 0.844. The van der Waals surface area contributed by atoms with E-state index in [-0.39, 0.29) is 22.0 Å². The van der Waals surface area contributed by atoms with Crippen LogP contribution in [0.1, 0.15) is 0 Å². The van der Waals surface area contributed by atoms with Gasteiger partial charge in [-0.15, -0.1) is 0 Å². The van der Waals surface area contributed by atoms with Crippen LogP contribution in [0.3, 0.4) is 0 Å². The lowest BCUT2D eigenvalue weighted by Gasteiger charge is -2.04. The van der Waals surface area contributed by atoms with Crippen molar-refractivity contribution in [1.82, 2.24) is 15.0 Å². The van der Waals surface area contributed by atoms with E-state index >= 15 is 0 Å². The van der Waals surface area contributed by atoms with Crippen LogP contribution in [0.15, 0.2) is 18.2 Å². The summed E-state index contributed by atoms with van der Waals surface area (Å²) in [6, 6.07) is 4.29. The number of halogens is 3. The molecule has 1 aromatic carbocycles. The van der Waals surface area contributed by atoms with Crippen LogP contribution in [0.2, 0.25) is 10.6 Å². The zero-order valence-electron chi connectivity index (χ0n) is 8.62. The Morgan fingerprint density at radius 1 is 1.12 bits per heavy atom. The summed E-state index contributed by atoms with van der Waals surface area (Å²) >= 11 is 11.2. The van der Waals surface area contributed by atoms with Gasteiger partial charge in [0.25, 0.3) is 0 Å². The molecule has 2 rings (SSSR count). The molecule has 1 heterocycles. The fraction of sp³-hybridized carbons (Fsp3) is 0.100. The van der Waals surface area contributed by atoms with Crippen molar-refractivity contribution < 1.29 is 9.13 Å². The van der Waals surface area contributed by atoms with Crippen molar-refractivity contribution in [3.8, 4) is 17.1 Å². The number of rotatable bonds is 2. The van der Waals surface area contributed by atoms with Crippen LogP contribution in [0, 0.1) is 5.82 Å². The molecular formula is C10H6Cl2FN3O. The smallest absolute Gasteiger partial charge is 0.227 e. The lowest BCUT2D eigenvalue weighted by atomic mass is 10.2. The molecule has 4 nitrogen and oxygen atoms in total. The topological polar surface area (TPSA) is 47.9 Å². The van der Waals surface area contributed by atoms with E-state index < -0.39 is 5.82 Å². The van der Waals surface area contributed by atoms with Crippen molar-refractivity contribution in [1.29, 1.82) is 0 Å². The van der Waals surface area contributed by atoms with Gasteiger partial charge >= 0.3 is 0 Å². The van der Waals surface area contributed by atoms with E-state index in [0.717, 1.165) is 0 Å². The summed E-state index contributed by atoms with van der Waals surface area (Å²) < 4.78 is 18.6. The van der Waals surface area contributed by atoms with Gasteiger partial charge in [-0.25, -0.2) is 4.39 Å². The highest BCUT2D eigenvalue weighted by Gasteiger charge is 2.11. The van der Waals surface area contributed by atoms with Gasteiger partial charge in [0.05, 0.1) is 12.7 Å². The maximum absolute atomic E-state index is 13.7. The average Bonchev–Trinajstić information content (AvgIpc) is 2.27. The lowest BCUT2D eigenvalue weighted by molar-refractivity contribution is 0.411. The van der Waals surface area contributed by atoms with Gasteiger partial charge in [0.15, 0.2) is 5.82 Å². The van der Waals surface area contributed by atoms with Gasteiger partial charge in [-0.05, 0) is 35.3 Å². The minimum Gasteiger partial charge on any atom is -0.497 e. The molecule has 0 radical (unpaired) electrons. The summed E-state index contributed by atoms with van der Waals surface area (Å²) in [6.07, 6.45) is 0. The molecular weight excluding hydrogens is 268 g/mol. The van der Waals surface area contributed by atoms with E-state index in [4.69, 9.17) is 27.9 Å².